The highest BCUT2D eigenvalue weighted by Gasteiger charge is 2.38. The fraction of sp³-hybridized carbons (Fsp3) is 0.316. The van der Waals surface area contributed by atoms with Crippen molar-refractivity contribution in [3.05, 3.63) is 65.7 Å². The molecule has 6 heteroatoms. The second-order valence-corrected chi connectivity index (χ2v) is 6.30. The van der Waals surface area contributed by atoms with E-state index in [1.165, 1.54) is 12.1 Å². The molecule has 0 bridgehead atoms. The van der Waals surface area contributed by atoms with Crippen LogP contribution in [0, 0.1) is 11.6 Å². The van der Waals surface area contributed by atoms with E-state index in [4.69, 9.17) is 4.74 Å². The average molecular weight is 346 g/mol. The maximum atomic E-state index is 14.1. The highest BCUT2D eigenvalue weighted by atomic mass is 19.1. The van der Waals surface area contributed by atoms with Crippen LogP contribution in [0.1, 0.15) is 11.6 Å². The molecule has 1 amide bonds. The van der Waals surface area contributed by atoms with Gasteiger partial charge >= 0.3 is 0 Å². The van der Waals surface area contributed by atoms with Crippen LogP contribution in [0.4, 0.5) is 8.78 Å². The highest BCUT2D eigenvalue weighted by Crippen LogP contribution is 2.27. The van der Waals surface area contributed by atoms with Crippen LogP contribution in [0.2, 0.25) is 0 Å². The Hall–Kier alpha value is -2.47. The van der Waals surface area contributed by atoms with Crippen molar-refractivity contribution in [3.8, 4) is 5.75 Å². The second kappa shape index (κ2) is 7.19. The Morgan fingerprint density at radius 1 is 1.08 bits per heavy atom. The van der Waals surface area contributed by atoms with Gasteiger partial charge in [0.2, 0.25) is 5.91 Å². The first-order chi connectivity index (χ1) is 12.0. The lowest BCUT2D eigenvalue weighted by atomic mass is 10.0. The molecule has 1 aliphatic rings. The SMILES string of the molecule is CN(C)[C@@H](C(=O)N1CC(Oc2ccccc2F)C1)c1ccccc1F. The summed E-state index contributed by atoms with van der Waals surface area (Å²) in [6.07, 6.45) is -0.260. The Labute approximate surface area is 145 Å². The minimum atomic E-state index is -0.699. The summed E-state index contributed by atoms with van der Waals surface area (Å²) in [5.41, 5.74) is 0.343. The van der Waals surface area contributed by atoms with Gasteiger partial charge in [0, 0.05) is 5.56 Å². The maximum absolute atomic E-state index is 14.1. The van der Waals surface area contributed by atoms with Gasteiger partial charge in [-0.15, -0.1) is 0 Å². The van der Waals surface area contributed by atoms with Crippen molar-refractivity contribution in [2.75, 3.05) is 27.2 Å². The zero-order valence-electron chi connectivity index (χ0n) is 14.2. The lowest BCUT2D eigenvalue weighted by molar-refractivity contribution is -0.145. The standard InChI is InChI=1S/C19H20F2N2O2/c1-22(2)18(14-7-3-4-8-15(14)20)19(24)23-11-13(12-23)25-17-10-6-5-9-16(17)21/h3-10,13,18H,11-12H2,1-2H3/t18-/m1/s1. The normalized spacial score (nSPS) is 15.8. The summed E-state index contributed by atoms with van der Waals surface area (Å²) in [4.78, 5) is 16.1. The molecule has 1 aliphatic heterocycles. The fourth-order valence-corrected chi connectivity index (χ4v) is 2.91. The molecule has 1 heterocycles. The van der Waals surface area contributed by atoms with E-state index in [-0.39, 0.29) is 17.8 Å². The maximum Gasteiger partial charge on any atom is 0.244 e. The smallest absolute Gasteiger partial charge is 0.244 e. The molecule has 3 rings (SSSR count). The number of hydrogen-bond acceptors (Lipinski definition) is 3. The Morgan fingerprint density at radius 2 is 1.68 bits per heavy atom. The lowest BCUT2D eigenvalue weighted by Crippen LogP contribution is -2.58. The van der Waals surface area contributed by atoms with Crippen LogP contribution in [0.25, 0.3) is 0 Å². The number of amides is 1. The van der Waals surface area contributed by atoms with Crippen LogP contribution in [0.15, 0.2) is 48.5 Å². The second-order valence-electron chi connectivity index (χ2n) is 6.30. The summed E-state index contributed by atoms with van der Waals surface area (Å²) in [5, 5.41) is 0. The van der Waals surface area contributed by atoms with Crippen LogP contribution in [-0.4, -0.2) is 49.0 Å². The number of para-hydroxylation sites is 1. The van der Waals surface area contributed by atoms with Gasteiger partial charge < -0.3 is 9.64 Å². The van der Waals surface area contributed by atoms with Gasteiger partial charge in [0.15, 0.2) is 11.6 Å². The van der Waals surface area contributed by atoms with E-state index in [9.17, 15) is 13.6 Å². The van der Waals surface area contributed by atoms with Crippen molar-refractivity contribution >= 4 is 5.91 Å². The zero-order valence-corrected chi connectivity index (χ0v) is 14.2. The molecular formula is C19H20F2N2O2. The van der Waals surface area contributed by atoms with Crippen molar-refractivity contribution < 1.29 is 18.3 Å². The van der Waals surface area contributed by atoms with Crippen molar-refractivity contribution in [2.45, 2.75) is 12.1 Å². The third-order valence-electron chi connectivity index (χ3n) is 4.24. The summed E-state index contributed by atoms with van der Waals surface area (Å²) < 4.78 is 33.3. The number of hydrogen-bond donors (Lipinski definition) is 0. The lowest BCUT2D eigenvalue weighted by Gasteiger charge is -2.41. The Morgan fingerprint density at radius 3 is 2.28 bits per heavy atom. The van der Waals surface area contributed by atoms with E-state index in [1.807, 2.05) is 0 Å². The molecule has 1 atom stereocenters. The van der Waals surface area contributed by atoms with E-state index >= 15 is 0 Å². The molecule has 132 valence electrons. The molecule has 25 heavy (non-hydrogen) atoms. The molecule has 1 saturated heterocycles. The molecule has 1 fully saturated rings. The summed E-state index contributed by atoms with van der Waals surface area (Å²) >= 11 is 0. The zero-order chi connectivity index (χ0) is 18.0. The molecule has 4 nitrogen and oxygen atoms in total. The minimum Gasteiger partial charge on any atom is -0.484 e. The molecule has 2 aromatic rings. The number of carbonyl (C=O) groups is 1. The van der Waals surface area contributed by atoms with Crippen LogP contribution in [0.5, 0.6) is 5.75 Å². The van der Waals surface area contributed by atoms with Gasteiger partial charge in [-0.25, -0.2) is 8.78 Å². The predicted octanol–water partition coefficient (Wildman–Crippen LogP) is 2.86. The first-order valence-electron chi connectivity index (χ1n) is 8.08. The number of nitrogens with zero attached hydrogens (tertiary/aromatic N) is 2. The minimum absolute atomic E-state index is 0.179. The van der Waals surface area contributed by atoms with Crippen molar-refractivity contribution in [1.29, 1.82) is 0 Å². The number of likely N-dealkylation sites (tertiary alicyclic amines) is 1. The Balaban J connectivity index is 1.66. The highest BCUT2D eigenvalue weighted by molar-refractivity contribution is 5.84. The number of rotatable bonds is 5. The predicted molar refractivity (Wildman–Crippen MR) is 90.2 cm³/mol. The number of benzene rings is 2. The topological polar surface area (TPSA) is 32.8 Å². The van der Waals surface area contributed by atoms with Gasteiger partial charge in [-0.2, -0.15) is 0 Å². The Bertz CT molecular complexity index is 761. The van der Waals surface area contributed by atoms with Gasteiger partial charge in [-0.1, -0.05) is 30.3 Å². The summed E-state index contributed by atoms with van der Waals surface area (Å²) in [7, 11) is 3.48. The number of carbonyl (C=O) groups excluding carboxylic acids is 1. The molecular weight excluding hydrogens is 326 g/mol. The molecule has 0 aliphatic carbocycles. The molecule has 0 N–H and O–H groups in total. The third kappa shape index (κ3) is 3.64. The molecule has 0 aromatic heterocycles. The average Bonchev–Trinajstić information content (AvgIpc) is 2.53. The third-order valence-corrected chi connectivity index (χ3v) is 4.24. The Kier molecular flexibility index (Phi) is 4.99. The quantitative estimate of drug-likeness (QED) is 0.835. The summed E-state index contributed by atoms with van der Waals surface area (Å²) in [6, 6.07) is 11.7. The first kappa shape index (κ1) is 17.4. The van der Waals surface area contributed by atoms with Gasteiger partial charge in [0.1, 0.15) is 18.0 Å². The van der Waals surface area contributed by atoms with E-state index in [1.54, 1.807) is 60.3 Å². The molecule has 0 saturated carbocycles. The van der Waals surface area contributed by atoms with Crippen LogP contribution in [-0.2, 0) is 4.79 Å². The van der Waals surface area contributed by atoms with E-state index in [0.717, 1.165) is 0 Å². The number of halogens is 2. The monoisotopic (exact) mass is 346 g/mol. The first-order valence-corrected chi connectivity index (χ1v) is 8.08. The molecule has 0 radical (unpaired) electrons. The summed E-state index contributed by atoms with van der Waals surface area (Å²) in [6.45, 7) is 0.706. The molecule has 0 unspecified atom stereocenters. The van der Waals surface area contributed by atoms with Crippen molar-refractivity contribution in [3.63, 3.8) is 0 Å². The van der Waals surface area contributed by atoms with E-state index in [0.29, 0.717) is 18.7 Å². The fourth-order valence-electron chi connectivity index (χ4n) is 2.91. The summed E-state index contributed by atoms with van der Waals surface area (Å²) in [5.74, 6) is -0.847. The largest absolute Gasteiger partial charge is 0.484 e. The van der Waals surface area contributed by atoms with Gasteiger partial charge in [0.05, 0.1) is 13.1 Å². The molecule has 2 aromatic carbocycles. The van der Waals surface area contributed by atoms with Gasteiger partial charge in [0.25, 0.3) is 0 Å². The van der Waals surface area contributed by atoms with Gasteiger partial charge in [-0.05, 0) is 32.3 Å². The van der Waals surface area contributed by atoms with Crippen LogP contribution in [0.3, 0.4) is 0 Å². The van der Waals surface area contributed by atoms with E-state index < -0.39 is 17.7 Å². The van der Waals surface area contributed by atoms with Crippen molar-refractivity contribution in [1.82, 2.24) is 9.80 Å². The van der Waals surface area contributed by atoms with Gasteiger partial charge in [-0.3, -0.25) is 9.69 Å². The van der Waals surface area contributed by atoms with Crippen LogP contribution < -0.4 is 4.74 Å². The molecule has 0 spiro atoms. The van der Waals surface area contributed by atoms with Crippen molar-refractivity contribution in [2.24, 2.45) is 0 Å². The number of ether oxygens (including phenoxy) is 1. The van der Waals surface area contributed by atoms with Crippen LogP contribution >= 0.6 is 0 Å². The van der Waals surface area contributed by atoms with E-state index in [2.05, 4.69) is 0 Å². The number of likely N-dealkylation sites (N-methyl/N-ethyl adjacent to an activating group) is 1.